The number of hydrogen-bond donors (Lipinski definition) is 0. The van der Waals surface area contributed by atoms with Crippen molar-refractivity contribution >= 4 is 21.8 Å². The SMILES string of the molecule is C[C@@H]1CCC[C@H](C)N1C(=O)c1c(F)cccc1Br. The minimum absolute atomic E-state index is 0.151. The van der Waals surface area contributed by atoms with Gasteiger partial charge in [0.1, 0.15) is 5.82 Å². The summed E-state index contributed by atoms with van der Waals surface area (Å²) in [5.41, 5.74) is 0.151. The molecule has 1 saturated heterocycles. The summed E-state index contributed by atoms with van der Waals surface area (Å²) in [4.78, 5) is 14.3. The number of carbonyl (C=O) groups is 1. The van der Waals surface area contributed by atoms with E-state index >= 15 is 0 Å². The number of hydrogen-bond acceptors (Lipinski definition) is 1. The quantitative estimate of drug-likeness (QED) is 0.767. The molecule has 0 spiro atoms. The second-order valence-corrected chi connectivity index (χ2v) is 5.79. The standard InChI is InChI=1S/C14H17BrFNO/c1-9-5-3-6-10(2)17(9)14(18)13-11(15)7-4-8-12(13)16/h4,7-10H,3,5-6H2,1-2H3/t9-,10+. The summed E-state index contributed by atoms with van der Waals surface area (Å²) >= 11 is 3.27. The second-order valence-electron chi connectivity index (χ2n) is 4.94. The van der Waals surface area contributed by atoms with Gasteiger partial charge in [-0.3, -0.25) is 4.79 Å². The highest BCUT2D eigenvalue weighted by Crippen LogP contribution is 2.28. The molecule has 2 atom stereocenters. The van der Waals surface area contributed by atoms with Crippen molar-refractivity contribution in [1.82, 2.24) is 4.90 Å². The third-order valence-corrected chi connectivity index (χ3v) is 4.27. The number of nitrogens with zero attached hydrogens (tertiary/aromatic N) is 1. The van der Waals surface area contributed by atoms with E-state index in [1.807, 2.05) is 18.7 Å². The maximum absolute atomic E-state index is 13.8. The van der Waals surface area contributed by atoms with Crippen molar-refractivity contribution in [3.05, 3.63) is 34.1 Å². The van der Waals surface area contributed by atoms with Crippen LogP contribution < -0.4 is 0 Å². The molecule has 1 aliphatic heterocycles. The van der Waals surface area contributed by atoms with Crippen molar-refractivity contribution in [1.29, 1.82) is 0 Å². The van der Waals surface area contributed by atoms with Crippen LogP contribution in [-0.2, 0) is 0 Å². The Morgan fingerprint density at radius 1 is 1.33 bits per heavy atom. The van der Waals surface area contributed by atoms with Gasteiger partial charge < -0.3 is 4.90 Å². The van der Waals surface area contributed by atoms with Crippen LogP contribution in [-0.4, -0.2) is 22.9 Å². The van der Waals surface area contributed by atoms with E-state index in [9.17, 15) is 9.18 Å². The highest BCUT2D eigenvalue weighted by atomic mass is 79.9. The van der Waals surface area contributed by atoms with E-state index in [0.717, 1.165) is 19.3 Å². The van der Waals surface area contributed by atoms with Crippen molar-refractivity contribution in [2.75, 3.05) is 0 Å². The zero-order valence-electron chi connectivity index (χ0n) is 10.6. The molecule has 0 unspecified atom stereocenters. The lowest BCUT2D eigenvalue weighted by molar-refractivity contribution is 0.0505. The summed E-state index contributed by atoms with van der Waals surface area (Å²) < 4.78 is 14.4. The molecule has 1 aromatic rings. The summed E-state index contributed by atoms with van der Waals surface area (Å²) in [7, 11) is 0. The van der Waals surface area contributed by atoms with Crippen molar-refractivity contribution in [2.45, 2.75) is 45.2 Å². The van der Waals surface area contributed by atoms with Gasteiger partial charge in [0.25, 0.3) is 5.91 Å². The lowest BCUT2D eigenvalue weighted by Gasteiger charge is -2.39. The molecule has 1 heterocycles. The van der Waals surface area contributed by atoms with Gasteiger partial charge in [-0.1, -0.05) is 6.07 Å². The monoisotopic (exact) mass is 313 g/mol. The van der Waals surface area contributed by atoms with Gasteiger partial charge in [0.05, 0.1) is 5.56 Å². The van der Waals surface area contributed by atoms with Gasteiger partial charge in [-0.25, -0.2) is 4.39 Å². The zero-order chi connectivity index (χ0) is 13.3. The smallest absolute Gasteiger partial charge is 0.258 e. The Kier molecular flexibility index (Phi) is 4.05. The number of rotatable bonds is 1. The van der Waals surface area contributed by atoms with Crippen LogP contribution >= 0.6 is 15.9 Å². The molecule has 2 rings (SSSR count). The van der Waals surface area contributed by atoms with E-state index in [0.29, 0.717) is 4.47 Å². The van der Waals surface area contributed by atoms with E-state index in [-0.39, 0.29) is 23.6 Å². The second kappa shape index (κ2) is 5.39. The summed E-state index contributed by atoms with van der Waals surface area (Å²) in [6.45, 7) is 4.06. The lowest BCUT2D eigenvalue weighted by atomic mass is 9.96. The largest absolute Gasteiger partial charge is 0.333 e. The van der Waals surface area contributed by atoms with E-state index in [2.05, 4.69) is 15.9 Å². The fraction of sp³-hybridized carbons (Fsp3) is 0.500. The Morgan fingerprint density at radius 3 is 2.50 bits per heavy atom. The maximum atomic E-state index is 13.8. The highest BCUT2D eigenvalue weighted by Gasteiger charge is 2.31. The van der Waals surface area contributed by atoms with Crippen LogP contribution in [0.2, 0.25) is 0 Å². The lowest BCUT2D eigenvalue weighted by Crippen LogP contribution is -2.47. The number of piperidine rings is 1. The molecule has 0 saturated carbocycles. The average Bonchev–Trinajstić information content (AvgIpc) is 2.28. The topological polar surface area (TPSA) is 20.3 Å². The third kappa shape index (κ3) is 2.44. The molecule has 0 aliphatic carbocycles. The molecule has 18 heavy (non-hydrogen) atoms. The van der Waals surface area contributed by atoms with Crippen LogP contribution in [0, 0.1) is 5.82 Å². The van der Waals surface area contributed by atoms with Gasteiger partial charge in [-0.15, -0.1) is 0 Å². The first-order valence-electron chi connectivity index (χ1n) is 6.29. The summed E-state index contributed by atoms with van der Waals surface area (Å²) in [6.07, 6.45) is 3.11. The van der Waals surface area contributed by atoms with Crippen LogP contribution in [0.15, 0.2) is 22.7 Å². The van der Waals surface area contributed by atoms with Crippen LogP contribution in [0.4, 0.5) is 4.39 Å². The normalized spacial score (nSPS) is 24.1. The molecule has 0 aromatic heterocycles. The predicted octanol–water partition coefficient (Wildman–Crippen LogP) is 3.99. The Hall–Kier alpha value is -0.900. The number of benzene rings is 1. The number of amides is 1. The minimum Gasteiger partial charge on any atom is -0.333 e. The Morgan fingerprint density at radius 2 is 1.94 bits per heavy atom. The average molecular weight is 314 g/mol. The van der Waals surface area contributed by atoms with Gasteiger partial charge in [-0.2, -0.15) is 0 Å². The van der Waals surface area contributed by atoms with Crippen molar-refractivity contribution in [2.24, 2.45) is 0 Å². The number of likely N-dealkylation sites (tertiary alicyclic amines) is 1. The third-order valence-electron chi connectivity index (χ3n) is 3.60. The molecule has 2 nitrogen and oxygen atoms in total. The Labute approximate surface area is 115 Å². The van der Waals surface area contributed by atoms with Gasteiger partial charge in [0, 0.05) is 16.6 Å². The van der Waals surface area contributed by atoms with E-state index in [1.165, 1.54) is 6.07 Å². The number of halogens is 2. The molecule has 1 amide bonds. The maximum Gasteiger partial charge on any atom is 0.258 e. The molecule has 0 bridgehead atoms. The molecule has 4 heteroatoms. The van der Waals surface area contributed by atoms with E-state index in [4.69, 9.17) is 0 Å². The zero-order valence-corrected chi connectivity index (χ0v) is 12.2. The van der Waals surface area contributed by atoms with Crippen LogP contribution in [0.3, 0.4) is 0 Å². The van der Waals surface area contributed by atoms with Gasteiger partial charge >= 0.3 is 0 Å². The first-order chi connectivity index (χ1) is 8.52. The van der Waals surface area contributed by atoms with E-state index in [1.54, 1.807) is 12.1 Å². The minimum atomic E-state index is -0.459. The van der Waals surface area contributed by atoms with Crippen molar-refractivity contribution in [3.8, 4) is 0 Å². The van der Waals surface area contributed by atoms with Gasteiger partial charge in [0.15, 0.2) is 0 Å². The molecule has 1 aromatic carbocycles. The Balaban J connectivity index is 2.35. The van der Waals surface area contributed by atoms with Crippen molar-refractivity contribution in [3.63, 3.8) is 0 Å². The first kappa shape index (κ1) is 13.5. The summed E-state index contributed by atoms with van der Waals surface area (Å²) in [5, 5.41) is 0. The van der Waals surface area contributed by atoms with Crippen LogP contribution in [0.25, 0.3) is 0 Å². The fourth-order valence-electron chi connectivity index (χ4n) is 2.65. The highest BCUT2D eigenvalue weighted by molar-refractivity contribution is 9.10. The van der Waals surface area contributed by atoms with Crippen molar-refractivity contribution < 1.29 is 9.18 Å². The van der Waals surface area contributed by atoms with Gasteiger partial charge in [0.2, 0.25) is 0 Å². The number of carbonyl (C=O) groups excluding carboxylic acids is 1. The van der Waals surface area contributed by atoms with Crippen LogP contribution in [0.5, 0.6) is 0 Å². The summed E-state index contributed by atoms with van der Waals surface area (Å²) in [6, 6.07) is 4.98. The predicted molar refractivity (Wildman–Crippen MR) is 73.0 cm³/mol. The molecule has 1 fully saturated rings. The van der Waals surface area contributed by atoms with Gasteiger partial charge in [-0.05, 0) is 61.2 Å². The van der Waals surface area contributed by atoms with E-state index < -0.39 is 5.82 Å². The molecular weight excluding hydrogens is 297 g/mol. The summed E-state index contributed by atoms with van der Waals surface area (Å²) in [5.74, 6) is -0.668. The fourth-order valence-corrected chi connectivity index (χ4v) is 3.16. The molecule has 0 radical (unpaired) electrons. The molecular formula is C14H17BrFNO. The molecule has 1 aliphatic rings. The Bertz CT molecular complexity index is 433. The molecule has 0 N–H and O–H groups in total. The first-order valence-corrected chi connectivity index (χ1v) is 7.08. The molecule has 98 valence electrons. The van der Waals surface area contributed by atoms with Crippen LogP contribution in [0.1, 0.15) is 43.5 Å².